The standard InChI is InChI=1S/C8H7F2NO2/c1-4-5(7(9)10)2-3-6(11-4)8(12)13/h2-3,7H,1H3,(H,12,13). The second kappa shape index (κ2) is 3.47. The zero-order valence-corrected chi connectivity index (χ0v) is 6.79. The molecule has 1 aromatic rings. The fraction of sp³-hybridized carbons (Fsp3) is 0.250. The van der Waals surface area contributed by atoms with Crippen molar-refractivity contribution in [3.63, 3.8) is 0 Å². The Bertz CT molecular complexity index is 339. The van der Waals surface area contributed by atoms with Gasteiger partial charge >= 0.3 is 5.97 Å². The van der Waals surface area contributed by atoms with Crippen LogP contribution in [0.3, 0.4) is 0 Å². The predicted molar refractivity (Wildman–Crippen MR) is 40.9 cm³/mol. The summed E-state index contributed by atoms with van der Waals surface area (Å²) < 4.78 is 24.3. The van der Waals surface area contributed by atoms with Gasteiger partial charge in [-0.2, -0.15) is 0 Å². The molecule has 0 spiro atoms. The van der Waals surface area contributed by atoms with Crippen molar-refractivity contribution in [2.24, 2.45) is 0 Å². The summed E-state index contributed by atoms with van der Waals surface area (Å²) in [6.45, 7) is 1.36. The lowest BCUT2D eigenvalue weighted by Crippen LogP contribution is -2.03. The first kappa shape index (κ1) is 9.57. The largest absolute Gasteiger partial charge is 0.477 e. The quantitative estimate of drug-likeness (QED) is 0.770. The highest BCUT2D eigenvalue weighted by Crippen LogP contribution is 2.21. The summed E-state index contributed by atoms with van der Waals surface area (Å²) in [6.07, 6.45) is -2.62. The molecule has 0 aliphatic rings. The minimum atomic E-state index is -2.62. The van der Waals surface area contributed by atoms with Gasteiger partial charge in [0.15, 0.2) is 0 Å². The van der Waals surface area contributed by atoms with E-state index in [0.29, 0.717) is 0 Å². The molecule has 70 valence electrons. The molecular formula is C8H7F2NO2. The number of halogens is 2. The van der Waals surface area contributed by atoms with Gasteiger partial charge in [0.25, 0.3) is 6.43 Å². The van der Waals surface area contributed by atoms with E-state index in [1.807, 2.05) is 0 Å². The molecule has 13 heavy (non-hydrogen) atoms. The minimum Gasteiger partial charge on any atom is -0.477 e. The number of carbonyl (C=O) groups is 1. The van der Waals surface area contributed by atoms with Crippen molar-refractivity contribution in [3.05, 3.63) is 29.1 Å². The third-order valence-electron chi connectivity index (χ3n) is 1.58. The summed E-state index contributed by atoms with van der Waals surface area (Å²) >= 11 is 0. The van der Waals surface area contributed by atoms with Crippen LogP contribution in [0, 0.1) is 6.92 Å². The molecule has 0 unspecified atom stereocenters. The monoisotopic (exact) mass is 187 g/mol. The van der Waals surface area contributed by atoms with Crippen molar-refractivity contribution < 1.29 is 18.7 Å². The van der Waals surface area contributed by atoms with Crippen molar-refractivity contribution in [2.75, 3.05) is 0 Å². The number of hydrogen-bond donors (Lipinski definition) is 1. The van der Waals surface area contributed by atoms with E-state index in [1.54, 1.807) is 0 Å². The third-order valence-corrected chi connectivity index (χ3v) is 1.58. The summed E-state index contributed by atoms with van der Waals surface area (Å²) in [7, 11) is 0. The van der Waals surface area contributed by atoms with Crippen LogP contribution in [0.4, 0.5) is 8.78 Å². The number of aryl methyl sites for hydroxylation is 1. The molecule has 0 amide bonds. The maximum absolute atomic E-state index is 12.2. The average Bonchev–Trinajstić information content (AvgIpc) is 2.03. The Kier molecular flexibility index (Phi) is 2.55. The van der Waals surface area contributed by atoms with Crippen LogP contribution in [0.25, 0.3) is 0 Å². The Morgan fingerprint density at radius 3 is 2.54 bits per heavy atom. The number of aromatic carboxylic acids is 1. The summed E-state index contributed by atoms with van der Waals surface area (Å²) in [4.78, 5) is 13.9. The van der Waals surface area contributed by atoms with Gasteiger partial charge < -0.3 is 5.11 Å². The molecule has 0 aromatic carbocycles. The van der Waals surface area contributed by atoms with Crippen LogP contribution < -0.4 is 0 Å². The Hall–Kier alpha value is -1.52. The van der Waals surface area contributed by atoms with E-state index >= 15 is 0 Å². The van der Waals surface area contributed by atoms with Gasteiger partial charge in [0.05, 0.1) is 0 Å². The number of carboxylic acids is 1. The van der Waals surface area contributed by atoms with Gasteiger partial charge in [0.2, 0.25) is 0 Å². The molecule has 0 aliphatic heterocycles. The van der Waals surface area contributed by atoms with Crippen LogP contribution in [-0.4, -0.2) is 16.1 Å². The average molecular weight is 187 g/mol. The van der Waals surface area contributed by atoms with Gasteiger partial charge in [0.1, 0.15) is 5.69 Å². The zero-order chi connectivity index (χ0) is 10.0. The SMILES string of the molecule is Cc1nc(C(=O)O)ccc1C(F)F. The highest BCUT2D eigenvalue weighted by atomic mass is 19.3. The van der Waals surface area contributed by atoms with E-state index in [9.17, 15) is 13.6 Å². The summed E-state index contributed by atoms with van der Waals surface area (Å²) in [5, 5.41) is 8.49. The molecule has 1 N–H and O–H groups in total. The lowest BCUT2D eigenvalue weighted by atomic mass is 10.2. The Morgan fingerprint density at radius 2 is 2.15 bits per heavy atom. The van der Waals surface area contributed by atoms with Crippen molar-refractivity contribution in [1.29, 1.82) is 0 Å². The summed E-state index contributed by atoms with van der Waals surface area (Å²) in [5.74, 6) is -1.22. The van der Waals surface area contributed by atoms with Gasteiger partial charge in [-0.15, -0.1) is 0 Å². The number of rotatable bonds is 2. The lowest BCUT2D eigenvalue weighted by molar-refractivity contribution is 0.0689. The fourth-order valence-corrected chi connectivity index (χ4v) is 0.922. The van der Waals surface area contributed by atoms with Crippen LogP contribution >= 0.6 is 0 Å². The topological polar surface area (TPSA) is 50.2 Å². The van der Waals surface area contributed by atoms with Crippen LogP contribution in [-0.2, 0) is 0 Å². The summed E-state index contributed by atoms with van der Waals surface area (Å²) in [5.41, 5.74) is -0.401. The molecule has 0 atom stereocenters. The smallest absolute Gasteiger partial charge is 0.354 e. The van der Waals surface area contributed by atoms with Gasteiger partial charge in [-0.25, -0.2) is 18.6 Å². The van der Waals surface area contributed by atoms with Crippen molar-refractivity contribution in [1.82, 2.24) is 4.98 Å². The van der Waals surface area contributed by atoms with Crippen LogP contribution in [0.1, 0.15) is 28.2 Å². The highest BCUT2D eigenvalue weighted by Gasteiger charge is 2.13. The fourth-order valence-electron chi connectivity index (χ4n) is 0.922. The normalized spacial score (nSPS) is 10.5. The van der Waals surface area contributed by atoms with Crippen LogP contribution in [0.15, 0.2) is 12.1 Å². The number of aromatic nitrogens is 1. The van der Waals surface area contributed by atoms with E-state index in [4.69, 9.17) is 5.11 Å². The predicted octanol–water partition coefficient (Wildman–Crippen LogP) is 2.03. The van der Waals surface area contributed by atoms with Gasteiger partial charge in [-0.3, -0.25) is 0 Å². The molecule has 0 radical (unpaired) electrons. The number of hydrogen-bond acceptors (Lipinski definition) is 2. The lowest BCUT2D eigenvalue weighted by Gasteiger charge is -2.03. The molecule has 5 heteroatoms. The molecule has 1 rings (SSSR count). The van der Waals surface area contributed by atoms with E-state index in [-0.39, 0.29) is 17.0 Å². The first-order valence-electron chi connectivity index (χ1n) is 3.51. The molecule has 0 saturated carbocycles. The van der Waals surface area contributed by atoms with Crippen LogP contribution in [0.2, 0.25) is 0 Å². The molecule has 1 heterocycles. The van der Waals surface area contributed by atoms with Gasteiger partial charge in [0, 0.05) is 11.3 Å². The number of nitrogens with zero attached hydrogens (tertiary/aromatic N) is 1. The molecular weight excluding hydrogens is 180 g/mol. The molecule has 0 saturated heterocycles. The molecule has 0 bridgehead atoms. The Balaban J connectivity index is 3.13. The maximum atomic E-state index is 12.2. The van der Waals surface area contributed by atoms with Gasteiger partial charge in [-0.1, -0.05) is 0 Å². The highest BCUT2D eigenvalue weighted by molar-refractivity contribution is 5.85. The van der Waals surface area contributed by atoms with E-state index in [1.165, 1.54) is 6.92 Å². The van der Waals surface area contributed by atoms with E-state index in [0.717, 1.165) is 12.1 Å². The molecule has 0 aliphatic carbocycles. The number of carboxylic acid groups (broad SMARTS) is 1. The first-order valence-corrected chi connectivity index (χ1v) is 3.51. The molecule has 0 fully saturated rings. The molecule has 3 nitrogen and oxygen atoms in total. The number of pyridine rings is 1. The second-order valence-corrected chi connectivity index (χ2v) is 2.48. The second-order valence-electron chi connectivity index (χ2n) is 2.48. The van der Waals surface area contributed by atoms with Crippen molar-refractivity contribution in [2.45, 2.75) is 13.3 Å². The van der Waals surface area contributed by atoms with E-state index in [2.05, 4.69) is 4.98 Å². The minimum absolute atomic E-state index is 0.0508. The maximum Gasteiger partial charge on any atom is 0.354 e. The zero-order valence-electron chi connectivity index (χ0n) is 6.79. The Morgan fingerprint density at radius 1 is 1.54 bits per heavy atom. The van der Waals surface area contributed by atoms with Gasteiger partial charge in [-0.05, 0) is 19.1 Å². The number of alkyl halides is 2. The van der Waals surface area contributed by atoms with Crippen LogP contribution in [0.5, 0.6) is 0 Å². The first-order chi connectivity index (χ1) is 6.02. The molecule has 1 aromatic heterocycles. The summed E-state index contributed by atoms with van der Waals surface area (Å²) in [6, 6.07) is 2.15. The van der Waals surface area contributed by atoms with E-state index < -0.39 is 12.4 Å². The van der Waals surface area contributed by atoms with Crippen molar-refractivity contribution >= 4 is 5.97 Å². The third kappa shape index (κ3) is 1.99. The Labute approximate surface area is 73.0 Å². The van der Waals surface area contributed by atoms with Crippen molar-refractivity contribution in [3.8, 4) is 0 Å².